The Morgan fingerprint density at radius 2 is 1.53 bits per heavy atom. The monoisotopic (exact) mass is 647 g/mol. The molecule has 0 unspecified atom stereocenters. The second-order valence-electron chi connectivity index (χ2n) is 11.1. The summed E-state index contributed by atoms with van der Waals surface area (Å²) in [6, 6.07) is 17.1. The van der Waals surface area contributed by atoms with Crippen LogP contribution in [0, 0.1) is 6.92 Å². The summed E-state index contributed by atoms with van der Waals surface area (Å²) in [5.74, 6) is -0.699. The van der Waals surface area contributed by atoms with Gasteiger partial charge in [0.25, 0.3) is 10.0 Å². The number of amides is 2. The van der Waals surface area contributed by atoms with Gasteiger partial charge in [0, 0.05) is 27.7 Å². The van der Waals surface area contributed by atoms with Crippen LogP contribution in [0.2, 0.25) is 10.0 Å². The zero-order valence-electron chi connectivity index (χ0n) is 25.4. The number of para-hydroxylation sites is 2. The first kappa shape index (κ1) is 34.2. The minimum Gasteiger partial charge on any atom is -0.492 e. The third-order valence-corrected chi connectivity index (χ3v) is 9.08. The summed E-state index contributed by atoms with van der Waals surface area (Å²) in [6.45, 7) is 10.5. The van der Waals surface area contributed by atoms with E-state index >= 15 is 0 Å². The predicted molar refractivity (Wildman–Crippen MR) is 172 cm³/mol. The zero-order valence-corrected chi connectivity index (χ0v) is 27.7. The molecule has 0 aliphatic rings. The van der Waals surface area contributed by atoms with Crippen LogP contribution in [0.5, 0.6) is 5.75 Å². The van der Waals surface area contributed by atoms with E-state index in [1.807, 2.05) is 27.7 Å². The van der Waals surface area contributed by atoms with E-state index in [1.165, 1.54) is 17.0 Å². The van der Waals surface area contributed by atoms with Crippen LogP contribution in [0.1, 0.15) is 52.2 Å². The fourth-order valence-corrected chi connectivity index (χ4v) is 6.46. The molecule has 0 saturated heterocycles. The Kier molecular flexibility index (Phi) is 11.5. The predicted octanol–water partition coefficient (Wildman–Crippen LogP) is 6.62. The normalized spacial score (nSPS) is 12.4. The summed E-state index contributed by atoms with van der Waals surface area (Å²) in [7, 11) is -4.26. The third-order valence-electron chi connectivity index (χ3n) is 6.60. The minimum absolute atomic E-state index is 0.00965. The summed E-state index contributed by atoms with van der Waals surface area (Å²) >= 11 is 13.0. The molecule has 0 spiro atoms. The number of hydrogen-bond donors (Lipinski definition) is 1. The van der Waals surface area contributed by atoms with Crippen molar-refractivity contribution in [2.24, 2.45) is 0 Å². The van der Waals surface area contributed by atoms with Crippen LogP contribution in [0.3, 0.4) is 0 Å². The van der Waals surface area contributed by atoms with Gasteiger partial charge in [0.15, 0.2) is 0 Å². The number of nitrogens with one attached hydrogen (secondary N) is 1. The first-order valence-electron chi connectivity index (χ1n) is 14.0. The first-order chi connectivity index (χ1) is 20.2. The van der Waals surface area contributed by atoms with E-state index in [0.29, 0.717) is 21.4 Å². The number of carbonyl (C=O) groups excluding carboxylic acids is 2. The maximum absolute atomic E-state index is 14.3. The van der Waals surface area contributed by atoms with Gasteiger partial charge in [-0.1, -0.05) is 66.0 Å². The molecule has 232 valence electrons. The summed E-state index contributed by atoms with van der Waals surface area (Å²) in [6.07, 6.45) is 0.260. The average Bonchev–Trinajstić information content (AvgIpc) is 2.93. The lowest BCUT2D eigenvalue weighted by atomic mass is 10.1. The van der Waals surface area contributed by atoms with Crippen molar-refractivity contribution in [3.8, 4) is 5.75 Å². The molecule has 0 radical (unpaired) electrons. The molecule has 11 heteroatoms. The topological polar surface area (TPSA) is 96.0 Å². The third kappa shape index (κ3) is 8.65. The van der Waals surface area contributed by atoms with Crippen molar-refractivity contribution < 1.29 is 22.7 Å². The molecule has 43 heavy (non-hydrogen) atoms. The number of carbonyl (C=O) groups is 2. The molecule has 2 amide bonds. The molecule has 3 aromatic carbocycles. The smallest absolute Gasteiger partial charge is 0.264 e. The number of sulfonamides is 1. The molecule has 3 aromatic rings. The standard InChI is InChI=1S/C32H39Cl2N3O5S/c1-7-27(31(39)35-32(4,5)6)36(20-24-25(33)12-11-13-26(24)34)30(38)21-37(28-14-9-10-15-29(28)42-8-2)43(40,41)23-18-16-22(3)17-19-23/h9-19,27H,7-8,20-21H2,1-6H3,(H,35,39)/t27-/m1/s1. The Labute approximate surface area is 265 Å². The Hall–Kier alpha value is -3.27. The van der Waals surface area contributed by atoms with E-state index in [0.717, 1.165) is 9.87 Å². The van der Waals surface area contributed by atoms with E-state index in [2.05, 4.69) is 5.32 Å². The van der Waals surface area contributed by atoms with Gasteiger partial charge in [-0.2, -0.15) is 0 Å². The minimum atomic E-state index is -4.26. The highest BCUT2D eigenvalue weighted by molar-refractivity contribution is 7.92. The SMILES string of the molecule is CCOc1ccccc1N(CC(=O)N(Cc1c(Cl)cccc1Cl)[C@H](CC)C(=O)NC(C)(C)C)S(=O)(=O)c1ccc(C)cc1. The van der Waals surface area contributed by atoms with Crippen molar-refractivity contribution in [1.82, 2.24) is 10.2 Å². The van der Waals surface area contributed by atoms with Gasteiger partial charge in [-0.05, 0) is 77.4 Å². The number of aryl methyl sites for hydroxylation is 1. The molecule has 1 atom stereocenters. The maximum Gasteiger partial charge on any atom is 0.264 e. The highest BCUT2D eigenvalue weighted by atomic mass is 35.5. The largest absolute Gasteiger partial charge is 0.492 e. The number of ether oxygens (including phenoxy) is 1. The van der Waals surface area contributed by atoms with Crippen molar-refractivity contribution in [2.45, 2.75) is 71.0 Å². The molecule has 0 aliphatic heterocycles. The molecule has 0 heterocycles. The number of rotatable bonds is 12. The van der Waals surface area contributed by atoms with E-state index in [4.69, 9.17) is 27.9 Å². The van der Waals surface area contributed by atoms with E-state index < -0.39 is 34.1 Å². The quantitative estimate of drug-likeness (QED) is 0.238. The number of benzene rings is 3. The van der Waals surface area contributed by atoms with Crippen LogP contribution in [-0.2, 0) is 26.2 Å². The maximum atomic E-state index is 14.3. The van der Waals surface area contributed by atoms with E-state index in [9.17, 15) is 18.0 Å². The molecule has 3 rings (SSSR count). The van der Waals surface area contributed by atoms with Crippen molar-refractivity contribution in [2.75, 3.05) is 17.5 Å². The van der Waals surface area contributed by atoms with Crippen LogP contribution in [0.4, 0.5) is 5.69 Å². The average molecular weight is 649 g/mol. The summed E-state index contributed by atoms with van der Waals surface area (Å²) in [4.78, 5) is 29.2. The Morgan fingerprint density at radius 1 is 0.930 bits per heavy atom. The highest BCUT2D eigenvalue weighted by Gasteiger charge is 2.36. The fourth-order valence-electron chi connectivity index (χ4n) is 4.52. The summed E-state index contributed by atoms with van der Waals surface area (Å²) in [5, 5.41) is 3.59. The van der Waals surface area contributed by atoms with Gasteiger partial charge < -0.3 is 15.0 Å². The van der Waals surface area contributed by atoms with E-state index in [1.54, 1.807) is 68.4 Å². The molecule has 0 aliphatic carbocycles. The number of halogens is 2. The molecular formula is C32H39Cl2N3O5S. The zero-order chi connectivity index (χ0) is 31.9. The second kappa shape index (κ2) is 14.5. The van der Waals surface area contributed by atoms with Crippen LogP contribution < -0.4 is 14.4 Å². The first-order valence-corrected chi connectivity index (χ1v) is 16.2. The summed E-state index contributed by atoms with van der Waals surface area (Å²) < 4.78 is 35.1. The Morgan fingerprint density at radius 3 is 2.09 bits per heavy atom. The van der Waals surface area contributed by atoms with Gasteiger partial charge in [-0.15, -0.1) is 0 Å². The van der Waals surface area contributed by atoms with E-state index in [-0.39, 0.29) is 36.1 Å². The Balaban J connectivity index is 2.16. The van der Waals surface area contributed by atoms with Crippen LogP contribution in [-0.4, -0.2) is 49.9 Å². The number of anilines is 1. The molecule has 0 bridgehead atoms. The van der Waals surface area contributed by atoms with Crippen LogP contribution in [0.15, 0.2) is 71.6 Å². The lowest BCUT2D eigenvalue weighted by molar-refractivity contribution is -0.141. The molecular weight excluding hydrogens is 609 g/mol. The fraction of sp³-hybridized carbons (Fsp3) is 0.375. The highest BCUT2D eigenvalue weighted by Crippen LogP contribution is 2.33. The molecule has 0 saturated carbocycles. The molecule has 0 fully saturated rings. The van der Waals surface area contributed by atoms with Crippen molar-refractivity contribution >= 4 is 50.7 Å². The van der Waals surface area contributed by atoms with Crippen LogP contribution in [0.25, 0.3) is 0 Å². The van der Waals surface area contributed by atoms with Gasteiger partial charge in [-0.25, -0.2) is 8.42 Å². The van der Waals surface area contributed by atoms with Gasteiger partial charge in [0.1, 0.15) is 18.3 Å². The van der Waals surface area contributed by atoms with Crippen molar-refractivity contribution in [1.29, 1.82) is 0 Å². The summed E-state index contributed by atoms with van der Waals surface area (Å²) in [5.41, 5.74) is 0.957. The lowest BCUT2D eigenvalue weighted by Crippen LogP contribution is -2.55. The molecule has 0 aromatic heterocycles. The molecule has 8 nitrogen and oxygen atoms in total. The Bertz CT molecular complexity index is 1520. The second-order valence-corrected chi connectivity index (χ2v) is 13.8. The van der Waals surface area contributed by atoms with Gasteiger partial charge >= 0.3 is 0 Å². The van der Waals surface area contributed by atoms with Crippen molar-refractivity contribution in [3.63, 3.8) is 0 Å². The number of hydrogen-bond acceptors (Lipinski definition) is 5. The number of nitrogens with zero attached hydrogens (tertiary/aromatic N) is 2. The molecule has 1 N–H and O–H groups in total. The van der Waals surface area contributed by atoms with Gasteiger partial charge in [0.2, 0.25) is 11.8 Å². The van der Waals surface area contributed by atoms with Gasteiger partial charge in [-0.3, -0.25) is 13.9 Å². The van der Waals surface area contributed by atoms with Crippen LogP contribution >= 0.6 is 23.2 Å². The lowest BCUT2D eigenvalue weighted by Gasteiger charge is -2.35. The van der Waals surface area contributed by atoms with Crippen molar-refractivity contribution in [3.05, 3.63) is 87.9 Å². The van der Waals surface area contributed by atoms with Gasteiger partial charge in [0.05, 0.1) is 17.2 Å².